The third kappa shape index (κ3) is 3.40. The maximum absolute atomic E-state index is 11.9. The van der Waals surface area contributed by atoms with E-state index in [2.05, 4.69) is 5.32 Å². The Kier molecular flexibility index (Phi) is 3.50. The van der Waals surface area contributed by atoms with Crippen molar-refractivity contribution >= 4 is 19.9 Å². The molecule has 0 aromatic rings. The third-order valence-corrected chi connectivity index (χ3v) is 7.26. The predicted octanol–water partition coefficient (Wildman–Crippen LogP) is -0.855. The van der Waals surface area contributed by atoms with E-state index in [-0.39, 0.29) is 6.04 Å². The molecule has 0 aliphatic carbocycles. The van der Waals surface area contributed by atoms with Gasteiger partial charge in [-0.15, -0.1) is 0 Å². The van der Waals surface area contributed by atoms with Crippen LogP contribution in [-0.4, -0.2) is 57.7 Å². The molecule has 0 radical (unpaired) electrons. The molecule has 0 aromatic heterocycles. The zero-order valence-electron chi connectivity index (χ0n) is 9.79. The molecular formula is C9H18N2O4S2. The fourth-order valence-electron chi connectivity index (χ4n) is 2.51. The lowest BCUT2D eigenvalue weighted by Crippen LogP contribution is -2.41. The highest BCUT2D eigenvalue weighted by Gasteiger charge is 2.35. The van der Waals surface area contributed by atoms with E-state index in [4.69, 9.17) is 0 Å². The fraction of sp³-hybridized carbons (Fsp3) is 1.00. The summed E-state index contributed by atoms with van der Waals surface area (Å²) in [5, 5.41) is 2.58. The van der Waals surface area contributed by atoms with Gasteiger partial charge in [0.05, 0.1) is 0 Å². The molecule has 2 bridgehead atoms. The van der Waals surface area contributed by atoms with Gasteiger partial charge in [0.25, 0.3) is 0 Å². The van der Waals surface area contributed by atoms with Crippen LogP contribution in [0.15, 0.2) is 0 Å². The summed E-state index contributed by atoms with van der Waals surface area (Å²) in [6.45, 7) is 0.820. The predicted molar refractivity (Wildman–Crippen MR) is 64.8 cm³/mol. The van der Waals surface area contributed by atoms with E-state index in [1.807, 2.05) is 0 Å². The maximum Gasteiger partial charge on any atom is 0.228 e. The summed E-state index contributed by atoms with van der Waals surface area (Å²) in [6, 6.07) is 0.565. The topological polar surface area (TPSA) is 83.5 Å². The number of hydrogen-bond acceptors (Lipinski definition) is 5. The average Bonchev–Trinajstić information content (AvgIpc) is 2.40. The number of rotatable bonds is 3. The summed E-state index contributed by atoms with van der Waals surface area (Å²) in [5.41, 5.74) is 0. The van der Waals surface area contributed by atoms with Gasteiger partial charge >= 0.3 is 0 Å². The first kappa shape index (κ1) is 13.3. The average molecular weight is 282 g/mol. The van der Waals surface area contributed by atoms with Crippen LogP contribution in [0.3, 0.4) is 0 Å². The normalized spacial score (nSPS) is 31.4. The monoisotopic (exact) mass is 282 g/mol. The Hall–Kier alpha value is -0.180. The zero-order chi connectivity index (χ0) is 12.7. The number of hydrogen-bond donors (Lipinski definition) is 1. The van der Waals surface area contributed by atoms with E-state index in [1.165, 1.54) is 4.31 Å². The molecule has 0 amide bonds. The Morgan fingerprint density at radius 1 is 1.12 bits per heavy atom. The summed E-state index contributed by atoms with van der Waals surface area (Å²) in [7, 11) is -7.19. The van der Waals surface area contributed by atoms with Crippen molar-refractivity contribution in [2.75, 3.05) is 24.4 Å². The van der Waals surface area contributed by atoms with Gasteiger partial charge < -0.3 is 5.32 Å². The Morgan fingerprint density at radius 3 is 2.41 bits per heavy atom. The molecule has 8 heteroatoms. The van der Waals surface area contributed by atoms with Gasteiger partial charge in [-0.3, -0.25) is 0 Å². The minimum Gasteiger partial charge on any atom is -0.310 e. The highest BCUT2D eigenvalue weighted by atomic mass is 32.3. The number of nitrogens with one attached hydrogen (secondary N) is 1. The van der Waals surface area contributed by atoms with E-state index in [0.29, 0.717) is 19.1 Å². The van der Waals surface area contributed by atoms with Crippen molar-refractivity contribution in [1.29, 1.82) is 0 Å². The van der Waals surface area contributed by atoms with Gasteiger partial charge in [0, 0.05) is 31.4 Å². The van der Waals surface area contributed by atoms with E-state index >= 15 is 0 Å². The lowest BCUT2D eigenvalue weighted by atomic mass is 10.1. The van der Waals surface area contributed by atoms with Crippen molar-refractivity contribution in [2.45, 2.75) is 31.3 Å². The molecule has 2 rings (SSSR count). The molecule has 2 unspecified atom stereocenters. The van der Waals surface area contributed by atoms with E-state index in [9.17, 15) is 16.8 Å². The van der Waals surface area contributed by atoms with Crippen molar-refractivity contribution < 1.29 is 16.8 Å². The molecule has 2 heterocycles. The van der Waals surface area contributed by atoms with Gasteiger partial charge in [-0.25, -0.2) is 16.8 Å². The molecule has 6 nitrogen and oxygen atoms in total. The van der Waals surface area contributed by atoms with Crippen molar-refractivity contribution in [2.24, 2.45) is 0 Å². The molecule has 2 fully saturated rings. The van der Waals surface area contributed by atoms with Crippen LogP contribution in [-0.2, 0) is 19.9 Å². The first-order valence-electron chi connectivity index (χ1n) is 5.68. The highest BCUT2D eigenvalue weighted by Crippen LogP contribution is 2.22. The second-order valence-corrected chi connectivity index (χ2v) is 9.41. The molecule has 2 saturated heterocycles. The molecule has 0 saturated carbocycles. The quantitative estimate of drug-likeness (QED) is 0.728. The van der Waals surface area contributed by atoms with Crippen LogP contribution in [0, 0.1) is 0 Å². The van der Waals surface area contributed by atoms with Crippen molar-refractivity contribution in [1.82, 2.24) is 9.62 Å². The minimum atomic E-state index is -3.68. The van der Waals surface area contributed by atoms with Crippen LogP contribution < -0.4 is 5.32 Å². The lowest BCUT2D eigenvalue weighted by Gasteiger charge is -2.23. The van der Waals surface area contributed by atoms with Crippen molar-refractivity contribution in [3.8, 4) is 0 Å². The molecule has 2 atom stereocenters. The van der Waals surface area contributed by atoms with Crippen LogP contribution in [0.4, 0.5) is 0 Å². The maximum atomic E-state index is 11.9. The Balaban J connectivity index is 2.12. The first-order valence-corrected chi connectivity index (χ1v) is 9.35. The number of fused-ring (bicyclic) bond motifs is 2. The summed E-state index contributed by atoms with van der Waals surface area (Å²) in [6.07, 6.45) is 3.77. The van der Waals surface area contributed by atoms with Crippen LogP contribution >= 0.6 is 0 Å². The summed E-state index contributed by atoms with van der Waals surface area (Å²) in [4.78, 5) is 0. The summed E-state index contributed by atoms with van der Waals surface area (Å²) >= 11 is 0. The van der Waals surface area contributed by atoms with Gasteiger partial charge in [-0.2, -0.15) is 4.31 Å². The SMILES string of the molecule is CS(=O)(=O)CS(=O)(=O)N1CCC2CCC(C1)N2. The van der Waals surface area contributed by atoms with Crippen LogP contribution in [0.25, 0.3) is 0 Å². The number of sulfonamides is 1. The van der Waals surface area contributed by atoms with Gasteiger partial charge in [0.1, 0.15) is 0 Å². The number of sulfone groups is 1. The molecule has 2 aliphatic rings. The largest absolute Gasteiger partial charge is 0.310 e. The molecule has 0 aromatic carbocycles. The zero-order valence-corrected chi connectivity index (χ0v) is 11.4. The fourth-order valence-corrected chi connectivity index (χ4v) is 6.06. The molecule has 100 valence electrons. The molecular weight excluding hydrogens is 264 g/mol. The minimum absolute atomic E-state index is 0.178. The van der Waals surface area contributed by atoms with Gasteiger partial charge in [-0.05, 0) is 19.3 Å². The van der Waals surface area contributed by atoms with Crippen LogP contribution in [0.2, 0.25) is 0 Å². The van der Waals surface area contributed by atoms with Gasteiger partial charge in [0.2, 0.25) is 10.0 Å². The molecule has 17 heavy (non-hydrogen) atoms. The molecule has 2 aliphatic heterocycles. The highest BCUT2D eigenvalue weighted by molar-refractivity contribution is 8.06. The van der Waals surface area contributed by atoms with Gasteiger partial charge in [0.15, 0.2) is 14.9 Å². The van der Waals surface area contributed by atoms with E-state index in [1.54, 1.807) is 0 Å². The summed E-state index contributed by atoms with van der Waals surface area (Å²) in [5.74, 6) is 0. The standard InChI is InChI=1S/C9H18N2O4S2/c1-16(12,13)7-17(14,15)11-5-4-8-2-3-9(6-11)10-8/h8-10H,2-7H2,1H3. The van der Waals surface area contributed by atoms with Crippen molar-refractivity contribution in [3.05, 3.63) is 0 Å². The third-order valence-electron chi connectivity index (χ3n) is 3.24. The smallest absolute Gasteiger partial charge is 0.228 e. The van der Waals surface area contributed by atoms with Crippen molar-refractivity contribution in [3.63, 3.8) is 0 Å². The Labute approximate surface area is 102 Å². The summed E-state index contributed by atoms with van der Waals surface area (Å²) < 4.78 is 47.5. The van der Waals surface area contributed by atoms with Crippen LogP contribution in [0.5, 0.6) is 0 Å². The molecule has 0 spiro atoms. The van der Waals surface area contributed by atoms with E-state index < -0.39 is 24.9 Å². The lowest BCUT2D eigenvalue weighted by molar-refractivity contribution is 0.385. The van der Waals surface area contributed by atoms with E-state index in [0.717, 1.165) is 25.5 Å². The first-order chi connectivity index (χ1) is 7.76. The Bertz CT molecular complexity index is 485. The molecule has 1 N–H and O–H groups in total. The second kappa shape index (κ2) is 4.49. The second-order valence-electron chi connectivity index (χ2n) is 4.94. The number of nitrogens with zero attached hydrogens (tertiary/aromatic N) is 1. The van der Waals surface area contributed by atoms with Crippen LogP contribution in [0.1, 0.15) is 19.3 Å². The Morgan fingerprint density at radius 2 is 1.76 bits per heavy atom. The van der Waals surface area contributed by atoms with Gasteiger partial charge in [-0.1, -0.05) is 0 Å².